The highest BCUT2D eigenvalue weighted by Gasteiger charge is 2.25. The van der Waals surface area contributed by atoms with Gasteiger partial charge in [-0.05, 0) is 30.5 Å². The normalized spacial score (nSPS) is 11.8. The molecule has 0 aliphatic carbocycles. The zero-order chi connectivity index (χ0) is 14.6. The number of hydrogen-bond donors (Lipinski definition) is 2. The molecule has 110 valence electrons. The lowest BCUT2D eigenvalue weighted by Gasteiger charge is -2.30. The summed E-state index contributed by atoms with van der Waals surface area (Å²) in [4.78, 5) is 10.1. The molecule has 0 amide bonds. The van der Waals surface area contributed by atoms with Crippen LogP contribution in [0.4, 0.5) is 11.8 Å². The van der Waals surface area contributed by atoms with Gasteiger partial charge < -0.3 is 10.6 Å². The smallest absolute Gasteiger partial charge is 0.225 e. The van der Waals surface area contributed by atoms with Crippen molar-refractivity contribution in [3.8, 4) is 0 Å². The van der Waals surface area contributed by atoms with E-state index in [0.29, 0.717) is 5.95 Å². The third-order valence-corrected chi connectivity index (χ3v) is 6.24. The summed E-state index contributed by atoms with van der Waals surface area (Å²) in [5.74, 6) is 1.60. The average molecular weight is 310 g/mol. The molecule has 2 rings (SSSR count). The van der Waals surface area contributed by atoms with E-state index < -0.39 is 0 Å². The molecule has 0 spiro atoms. The summed E-state index contributed by atoms with van der Waals surface area (Å²) in [7, 11) is 1.85. The first-order valence-electron chi connectivity index (χ1n) is 6.90. The predicted octanol–water partition coefficient (Wildman–Crippen LogP) is 4.07. The number of aromatic nitrogens is 2. The van der Waals surface area contributed by atoms with E-state index in [0.717, 1.165) is 35.4 Å². The van der Waals surface area contributed by atoms with Crippen LogP contribution in [0.2, 0.25) is 0 Å². The van der Waals surface area contributed by atoms with Crippen LogP contribution in [0.25, 0.3) is 10.2 Å². The minimum Gasteiger partial charge on any atom is -0.368 e. The quantitative estimate of drug-likeness (QED) is 0.807. The topological polar surface area (TPSA) is 49.8 Å². The number of fused-ring (bicyclic) bond motifs is 1. The Labute approximate surface area is 128 Å². The summed E-state index contributed by atoms with van der Waals surface area (Å²) in [6.07, 6.45) is 4.48. The molecular formula is C14H22N4S2. The molecule has 0 atom stereocenters. The number of thiophene rings is 1. The Morgan fingerprint density at radius 1 is 1.30 bits per heavy atom. The Morgan fingerprint density at radius 3 is 2.65 bits per heavy atom. The molecule has 2 heterocycles. The molecule has 2 aromatic heterocycles. The molecule has 6 heteroatoms. The van der Waals surface area contributed by atoms with E-state index in [1.807, 2.05) is 18.8 Å². The molecule has 0 aliphatic heterocycles. The monoisotopic (exact) mass is 310 g/mol. The number of thioether (sulfide) groups is 1. The van der Waals surface area contributed by atoms with Gasteiger partial charge in [-0.3, -0.25) is 0 Å². The van der Waals surface area contributed by atoms with Gasteiger partial charge in [0.05, 0.1) is 5.39 Å². The van der Waals surface area contributed by atoms with Gasteiger partial charge in [0.15, 0.2) is 0 Å². The summed E-state index contributed by atoms with van der Waals surface area (Å²) in [5, 5.41) is 9.73. The summed E-state index contributed by atoms with van der Waals surface area (Å²) in [5.41, 5.74) is 0. The maximum Gasteiger partial charge on any atom is 0.225 e. The van der Waals surface area contributed by atoms with Gasteiger partial charge in [-0.25, -0.2) is 4.98 Å². The fourth-order valence-corrected chi connectivity index (χ4v) is 3.77. The van der Waals surface area contributed by atoms with Crippen LogP contribution in [-0.4, -0.2) is 34.6 Å². The van der Waals surface area contributed by atoms with E-state index in [-0.39, 0.29) is 4.75 Å². The van der Waals surface area contributed by atoms with E-state index >= 15 is 0 Å². The molecule has 4 nitrogen and oxygen atoms in total. The maximum atomic E-state index is 4.56. The number of rotatable bonds is 7. The highest BCUT2D eigenvalue weighted by Crippen LogP contribution is 2.32. The van der Waals surface area contributed by atoms with E-state index in [9.17, 15) is 0 Å². The predicted molar refractivity (Wildman–Crippen MR) is 92.3 cm³/mol. The van der Waals surface area contributed by atoms with Gasteiger partial charge >= 0.3 is 0 Å². The molecule has 0 bridgehead atoms. The second-order valence-electron chi connectivity index (χ2n) is 4.73. The van der Waals surface area contributed by atoms with Crippen LogP contribution in [0.15, 0.2) is 11.4 Å². The number of nitrogens with zero attached hydrogens (tertiary/aromatic N) is 2. The number of anilines is 2. The number of nitrogens with one attached hydrogen (secondary N) is 2. The second-order valence-corrected chi connectivity index (χ2v) is 6.90. The Morgan fingerprint density at radius 2 is 2.05 bits per heavy atom. The van der Waals surface area contributed by atoms with Gasteiger partial charge in [0.1, 0.15) is 10.6 Å². The highest BCUT2D eigenvalue weighted by atomic mass is 32.2. The molecule has 0 radical (unpaired) electrons. The largest absolute Gasteiger partial charge is 0.368 e. The summed E-state index contributed by atoms with van der Waals surface area (Å²) < 4.78 is 0.271. The van der Waals surface area contributed by atoms with Gasteiger partial charge in [-0.1, -0.05) is 13.8 Å². The Balaban J connectivity index is 2.26. The first kappa shape index (κ1) is 15.4. The molecule has 20 heavy (non-hydrogen) atoms. The standard InChI is InChI=1S/C14H22N4S2/c1-5-14(6-2,19-4)9-16-11-10-7-8-20-12(10)18-13(15-3)17-11/h7-8H,5-6,9H2,1-4H3,(H2,15,16,17,18). The molecule has 0 unspecified atom stereocenters. The van der Waals surface area contributed by atoms with E-state index in [1.54, 1.807) is 11.3 Å². The zero-order valence-corrected chi connectivity index (χ0v) is 14.1. The van der Waals surface area contributed by atoms with Crippen molar-refractivity contribution in [3.63, 3.8) is 0 Å². The lowest BCUT2D eigenvalue weighted by atomic mass is 10.0. The van der Waals surface area contributed by atoms with Crippen molar-refractivity contribution in [1.29, 1.82) is 0 Å². The summed E-state index contributed by atoms with van der Waals surface area (Å²) >= 11 is 3.58. The van der Waals surface area contributed by atoms with Crippen molar-refractivity contribution >= 4 is 45.1 Å². The SMILES string of the molecule is CCC(CC)(CNc1nc(NC)nc2sccc12)SC. The first-order chi connectivity index (χ1) is 9.68. The minimum atomic E-state index is 0.271. The first-order valence-corrected chi connectivity index (χ1v) is 9.00. The van der Waals surface area contributed by atoms with Crippen molar-refractivity contribution in [3.05, 3.63) is 11.4 Å². The molecule has 0 aromatic carbocycles. The Hall–Kier alpha value is -1.01. The minimum absolute atomic E-state index is 0.271. The molecule has 0 fully saturated rings. The Bertz CT molecular complexity index is 555. The third kappa shape index (κ3) is 3.01. The van der Waals surface area contributed by atoms with Crippen LogP contribution in [0.5, 0.6) is 0 Å². The molecule has 0 saturated heterocycles. The van der Waals surface area contributed by atoms with E-state index in [4.69, 9.17) is 0 Å². The summed E-state index contributed by atoms with van der Waals surface area (Å²) in [6, 6.07) is 2.08. The fourth-order valence-electron chi connectivity index (χ4n) is 2.21. The van der Waals surface area contributed by atoms with Crippen molar-refractivity contribution in [2.24, 2.45) is 0 Å². The van der Waals surface area contributed by atoms with Crippen LogP contribution < -0.4 is 10.6 Å². The van der Waals surface area contributed by atoms with Crippen LogP contribution in [0.1, 0.15) is 26.7 Å². The van der Waals surface area contributed by atoms with Crippen LogP contribution in [0.3, 0.4) is 0 Å². The third-order valence-electron chi connectivity index (χ3n) is 3.85. The molecule has 2 N–H and O–H groups in total. The summed E-state index contributed by atoms with van der Waals surface area (Å²) in [6.45, 7) is 5.42. The van der Waals surface area contributed by atoms with Crippen LogP contribution in [0, 0.1) is 0 Å². The lowest BCUT2D eigenvalue weighted by molar-refractivity contribution is 0.574. The maximum absolute atomic E-state index is 4.56. The molecule has 0 aliphatic rings. The van der Waals surface area contributed by atoms with Gasteiger partial charge in [0, 0.05) is 18.3 Å². The van der Waals surface area contributed by atoms with Crippen molar-refractivity contribution in [2.75, 3.05) is 30.5 Å². The average Bonchev–Trinajstić information content (AvgIpc) is 2.97. The van der Waals surface area contributed by atoms with Gasteiger partial charge in [-0.2, -0.15) is 16.7 Å². The Kier molecular flexibility index (Phi) is 5.10. The molecule has 0 saturated carbocycles. The van der Waals surface area contributed by atoms with Crippen molar-refractivity contribution in [2.45, 2.75) is 31.4 Å². The fraction of sp³-hybridized carbons (Fsp3) is 0.571. The second kappa shape index (κ2) is 6.63. The highest BCUT2D eigenvalue weighted by molar-refractivity contribution is 8.00. The van der Waals surface area contributed by atoms with Gasteiger partial charge in [0.2, 0.25) is 5.95 Å². The lowest BCUT2D eigenvalue weighted by Crippen LogP contribution is -2.32. The van der Waals surface area contributed by atoms with Crippen molar-refractivity contribution in [1.82, 2.24) is 9.97 Å². The zero-order valence-electron chi connectivity index (χ0n) is 12.5. The molecular weight excluding hydrogens is 288 g/mol. The van der Waals surface area contributed by atoms with Crippen LogP contribution in [-0.2, 0) is 0 Å². The van der Waals surface area contributed by atoms with E-state index in [2.05, 4.69) is 52.2 Å². The van der Waals surface area contributed by atoms with Crippen LogP contribution >= 0.6 is 23.1 Å². The number of hydrogen-bond acceptors (Lipinski definition) is 6. The van der Waals surface area contributed by atoms with E-state index in [1.165, 1.54) is 0 Å². The molecule has 2 aromatic rings. The van der Waals surface area contributed by atoms with Gasteiger partial charge in [0.25, 0.3) is 0 Å². The van der Waals surface area contributed by atoms with Crippen molar-refractivity contribution < 1.29 is 0 Å². The van der Waals surface area contributed by atoms with Gasteiger partial charge in [-0.15, -0.1) is 11.3 Å².